The first-order chi connectivity index (χ1) is 8.11. The number of aryl methyl sites for hydroxylation is 1. The largest absolute Gasteiger partial charge is 0.343 e. The van der Waals surface area contributed by atoms with Crippen molar-refractivity contribution in [3.63, 3.8) is 0 Å². The van der Waals surface area contributed by atoms with Crippen LogP contribution in [0.4, 0.5) is 0 Å². The van der Waals surface area contributed by atoms with Crippen molar-refractivity contribution in [1.82, 2.24) is 19.7 Å². The van der Waals surface area contributed by atoms with Crippen molar-refractivity contribution < 1.29 is 4.79 Å². The monoisotopic (exact) mass is 236 g/mol. The second-order valence-electron chi connectivity index (χ2n) is 4.22. The van der Waals surface area contributed by atoms with Gasteiger partial charge in [-0.15, -0.1) is 0 Å². The molecule has 1 N–H and O–H groups in total. The molecule has 0 saturated carbocycles. The number of hydrogen-bond donors (Lipinski definition) is 1. The van der Waals surface area contributed by atoms with E-state index in [1.807, 2.05) is 0 Å². The molecule has 6 nitrogen and oxygen atoms in total. The molecule has 0 bridgehead atoms. The van der Waals surface area contributed by atoms with Crippen LogP contribution < -0.4 is 5.69 Å². The fourth-order valence-corrected chi connectivity index (χ4v) is 2.15. The number of rotatable bonds is 2. The van der Waals surface area contributed by atoms with Gasteiger partial charge in [0, 0.05) is 13.1 Å². The summed E-state index contributed by atoms with van der Waals surface area (Å²) in [5, 5.41) is 4.15. The third-order valence-electron chi connectivity index (χ3n) is 3.05. The highest BCUT2D eigenvalue weighted by Gasteiger charge is 2.24. The molecule has 1 saturated heterocycles. The zero-order valence-corrected chi connectivity index (χ0v) is 9.85. The molecular formula is C11H16N4O2. The summed E-state index contributed by atoms with van der Waals surface area (Å²) >= 11 is 0. The molecule has 2 rings (SSSR count). The van der Waals surface area contributed by atoms with Crippen molar-refractivity contribution >= 4 is 5.91 Å². The Kier molecular flexibility index (Phi) is 3.12. The Labute approximate surface area is 98.9 Å². The van der Waals surface area contributed by atoms with E-state index in [1.54, 1.807) is 11.8 Å². The van der Waals surface area contributed by atoms with Crippen LogP contribution >= 0.6 is 0 Å². The van der Waals surface area contributed by atoms with E-state index in [0.717, 1.165) is 12.8 Å². The van der Waals surface area contributed by atoms with Crippen LogP contribution in [0.25, 0.3) is 0 Å². The topological polar surface area (TPSA) is 71.0 Å². The summed E-state index contributed by atoms with van der Waals surface area (Å²) in [6, 6.07) is 0.0846. The van der Waals surface area contributed by atoms with Gasteiger partial charge in [0.1, 0.15) is 5.82 Å². The molecule has 0 aliphatic carbocycles. The number of aromatic nitrogens is 3. The minimum Gasteiger partial charge on any atom is -0.339 e. The van der Waals surface area contributed by atoms with Crippen molar-refractivity contribution in [3.8, 4) is 0 Å². The molecule has 6 heteroatoms. The van der Waals surface area contributed by atoms with Crippen LogP contribution in [-0.2, 0) is 4.79 Å². The number of carbonyl (C=O) groups excluding carboxylic acids is 1. The summed E-state index contributed by atoms with van der Waals surface area (Å²) in [5.74, 6) is 0.577. The first kappa shape index (κ1) is 11.6. The average molecular weight is 236 g/mol. The molecule has 0 unspecified atom stereocenters. The summed E-state index contributed by atoms with van der Waals surface area (Å²) in [4.78, 5) is 27.4. The molecule has 17 heavy (non-hydrogen) atoms. The maximum Gasteiger partial charge on any atom is 0.343 e. The molecule has 1 aromatic rings. The van der Waals surface area contributed by atoms with Crippen LogP contribution in [0, 0.1) is 6.92 Å². The minimum absolute atomic E-state index is 0.0472. The van der Waals surface area contributed by atoms with E-state index in [4.69, 9.17) is 0 Å². The van der Waals surface area contributed by atoms with Gasteiger partial charge in [0.25, 0.3) is 0 Å². The molecule has 0 radical (unpaired) electrons. The standard InChI is InChI=1S/C11H16N4O2/c1-3-10(16)14-6-4-9(5-7-14)15-11(17)12-8(2)13-15/h3,9H,1,4-7H2,2H3,(H,12,13,17). The van der Waals surface area contributed by atoms with Crippen molar-refractivity contribution in [2.24, 2.45) is 0 Å². The summed E-state index contributed by atoms with van der Waals surface area (Å²) in [6.07, 6.45) is 2.83. The number of nitrogens with one attached hydrogen (secondary N) is 1. The molecule has 2 heterocycles. The fourth-order valence-electron chi connectivity index (χ4n) is 2.15. The van der Waals surface area contributed by atoms with Crippen molar-refractivity contribution in [2.45, 2.75) is 25.8 Å². The van der Waals surface area contributed by atoms with E-state index in [0.29, 0.717) is 18.9 Å². The molecule has 0 spiro atoms. The van der Waals surface area contributed by atoms with E-state index in [2.05, 4.69) is 16.7 Å². The Morgan fingerprint density at radius 1 is 1.53 bits per heavy atom. The fraction of sp³-hybridized carbons (Fsp3) is 0.545. The van der Waals surface area contributed by atoms with Crippen molar-refractivity contribution in [1.29, 1.82) is 0 Å². The Morgan fingerprint density at radius 3 is 2.65 bits per heavy atom. The molecule has 1 aromatic heterocycles. The van der Waals surface area contributed by atoms with Gasteiger partial charge in [-0.3, -0.25) is 9.78 Å². The molecule has 1 fully saturated rings. The number of nitrogens with zero attached hydrogens (tertiary/aromatic N) is 3. The lowest BCUT2D eigenvalue weighted by atomic mass is 10.1. The number of hydrogen-bond acceptors (Lipinski definition) is 3. The van der Waals surface area contributed by atoms with Gasteiger partial charge in [-0.25, -0.2) is 9.48 Å². The second kappa shape index (κ2) is 4.57. The maximum absolute atomic E-state index is 11.6. The smallest absolute Gasteiger partial charge is 0.339 e. The van der Waals surface area contributed by atoms with Gasteiger partial charge < -0.3 is 4.90 Å². The highest BCUT2D eigenvalue weighted by Crippen LogP contribution is 2.20. The summed E-state index contributed by atoms with van der Waals surface area (Å²) < 4.78 is 1.49. The number of H-pyrrole nitrogens is 1. The highest BCUT2D eigenvalue weighted by molar-refractivity contribution is 5.87. The summed E-state index contributed by atoms with van der Waals surface area (Å²) in [6.45, 7) is 6.52. The summed E-state index contributed by atoms with van der Waals surface area (Å²) in [7, 11) is 0. The minimum atomic E-state index is -0.170. The molecule has 0 atom stereocenters. The van der Waals surface area contributed by atoms with Crippen LogP contribution in [0.3, 0.4) is 0 Å². The number of amides is 1. The zero-order chi connectivity index (χ0) is 12.4. The quantitative estimate of drug-likeness (QED) is 0.747. The highest BCUT2D eigenvalue weighted by atomic mass is 16.2. The Morgan fingerprint density at radius 2 is 2.18 bits per heavy atom. The Bertz CT molecular complexity index is 480. The van der Waals surface area contributed by atoms with Gasteiger partial charge in [0.2, 0.25) is 5.91 Å². The van der Waals surface area contributed by atoms with Gasteiger partial charge in [-0.2, -0.15) is 5.10 Å². The first-order valence-corrected chi connectivity index (χ1v) is 5.68. The van der Waals surface area contributed by atoms with E-state index in [9.17, 15) is 9.59 Å². The number of carbonyl (C=O) groups is 1. The van der Waals surface area contributed by atoms with E-state index in [-0.39, 0.29) is 17.6 Å². The molecule has 1 aliphatic rings. The van der Waals surface area contributed by atoms with Crippen molar-refractivity contribution in [2.75, 3.05) is 13.1 Å². The van der Waals surface area contributed by atoms with Gasteiger partial charge in [0.05, 0.1) is 6.04 Å². The van der Waals surface area contributed by atoms with Gasteiger partial charge in [-0.05, 0) is 25.8 Å². The van der Waals surface area contributed by atoms with Crippen LogP contribution in [0.5, 0.6) is 0 Å². The molecular weight excluding hydrogens is 220 g/mol. The predicted molar refractivity (Wildman–Crippen MR) is 62.6 cm³/mol. The lowest BCUT2D eigenvalue weighted by molar-refractivity contribution is -0.127. The second-order valence-corrected chi connectivity index (χ2v) is 4.22. The number of likely N-dealkylation sites (tertiary alicyclic amines) is 1. The molecule has 92 valence electrons. The number of piperidine rings is 1. The predicted octanol–water partition coefficient (Wildman–Crippen LogP) is 0.229. The summed E-state index contributed by atoms with van der Waals surface area (Å²) in [5.41, 5.74) is -0.170. The Balaban J connectivity index is 2.04. The number of aromatic amines is 1. The van der Waals surface area contributed by atoms with Gasteiger partial charge >= 0.3 is 5.69 Å². The van der Waals surface area contributed by atoms with Gasteiger partial charge in [-0.1, -0.05) is 6.58 Å². The van der Waals surface area contributed by atoms with Crippen LogP contribution in [0.15, 0.2) is 17.4 Å². The SMILES string of the molecule is C=CC(=O)N1CCC(n2nc(C)[nH]c2=O)CC1. The van der Waals surface area contributed by atoms with E-state index < -0.39 is 0 Å². The molecule has 1 amide bonds. The van der Waals surface area contributed by atoms with Crippen LogP contribution in [0.2, 0.25) is 0 Å². The lowest BCUT2D eigenvalue weighted by Gasteiger charge is -2.30. The van der Waals surface area contributed by atoms with Gasteiger partial charge in [0.15, 0.2) is 0 Å². The Hall–Kier alpha value is -1.85. The lowest BCUT2D eigenvalue weighted by Crippen LogP contribution is -2.40. The maximum atomic E-state index is 11.6. The van der Waals surface area contributed by atoms with E-state index in [1.165, 1.54) is 10.8 Å². The van der Waals surface area contributed by atoms with Crippen LogP contribution in [0.1, 0.15) is 24.7 Å². The van der Waals surface area contributed by atoms with Crippen LogP contribution in [-0.4, -0.2) is 38.7 Å². The first-order valence-electron chi connectivity index (χ1n) is 5.68. The third kappa shape index (κ3) is 2.30. The van der Waals surface area contributed by atoms with Crippen molar-refractivity contribution in [3.05, 3.63) is 29.0 Å². The molecule has 1 aliphatic heterocycles. The molecule has 0 aromatic carbocycles. The average Bonchev–Trinajstić information content (AvgIpc) is 2.68. The third-order valence-corrected chi connectivity index (χ3v) is 3.05. The normalized spacial score (nSPS) is 17.1. The zero-order valence-electron chi connectivity index (χ0n) is 9.85. The van der Waals surface area contributed by atoms with E-state index >= 15 is 0 Å².